The molecule has 1 heterocycles. The highest BCUT2D eigenvalue weighted by atomic mass is 79.9. The fourth-order valence-corrected chi connectivity index (χ4v) is 3.09. The zero-order chi connectivity index (χ0) is 13.7. The molecule has 0 radical (unpaired) electrons. The van der Waals surface area contributed by atoms with Gasteiger partial charge in [-0.2, -0.15) is 0 Å². The Hall–Kier alpha value is -1.07. The van der Waals surface area contributed by atoms with Gasteiger partial charge in [-0.25, -0.2) is 9.97 Å². The Kier molecular flexibility index (Phi) is 5.22. The number of anilines is 1. The molecule has 2 aromatic rings. The maximum Gasteiger partial charge on any atom is 0.141 e. The first-order valence-electron chi connectivity index (χ1n) is 6.18. The first-order chi connectivity index (χ1) is 9.17. The quantitative estimate of drug-likeness (QED) is 0.835. The van der Waals surface area contributed by atoms with E-state index in [1.807, 2.05) is 18.2 Å². The van der Waals surface area contributed by atoms with Crippen LogP contribution in [0.25, 0.3) is 0 Å². The van der Waals surface area contributed by atoms with E-state index in [0.29, 0.717) is 5.82 Å². The van der Waals surface area contributed by atoms with Crippen LogP contribution in [-0.4, -0.2) is 9.97 Å². The van der Waals surface area contributed by atoms with Gasteiger partial charge in [-0.05, 0) is 24.6 Å². The van der Waals surface area contributed by atoms with Gasteiger partial charge in [0, 0.05) is 21.1 Å². The van der Waals surface area contributed by atoms with Crippen molar-refractivity contribution in [3.05, 3.63) is 46.3 Å². The largest absolute Gasteiger partial charge is 0.384 e. The van der Waals surface area contributed by atoms with Crippen LogP contribution >= 0.6 is 27.7 Å². The molecule has 5 heteroatoms. The van der Waals surface area contributed by atoms with Crippen molar-refractivity contribution >= 4 is 33.5 Å². The minimum atomic E-state index is 0.559. The molecule has 0 atom stereocenters. The van der Waals surface area contributed by atoms with E-state index in [-0.39, 0.29) is 0 Å². The summed E-state index contributed by atoms with van der Waals surface area (Å²) in [5, 5.41) is 0. The van der Waals surface area contributed by atoms with Crippen LogP contribution in [0.5, 0.6) is 0 Å². The molecule has 3 nitrogen and oxygen atoms in total. The summed E-state index contributed by atoms with van der Waals surface area (Å²) in [5.41, 5.74) is 6.84. The fourth-order valence-electron chi connectivity index (χ4n) is 1.73. The number of aromatic nitrogens is 2. The highest BCUT2D eigenvalue weighted by molar-refractivity contribution is 9.10. The van der Waals surface area contributed by atoms with Gasteiger partial charge in [0.1, 0.15) is 11.6 Å². The molecule has 0 spiro atoms. The highest BCUT2D eigenvalue weighted by Gasteiger charge is 2.04. The Morgan fingerprint density at radius 1 is 1.26 bits per heavy atom. The number of nitrogen functional groups attached to an aromatic ring is 1. The summed E-state index contributed by atoms with van der Waals surface area (Å²) in [6.07, 6.45) is 2.01. The third-order valence-corrected chi connectivity index (χ3v) is 4.00. The number of rotatable bonds is 5. The Balaban J connectivity index is 2.06. The van der Waals surface area contributed by atoms with Crippen LogP contribution in [0.1, 0.15) is 24.9 Å². The van der Waals surface area contributed by atoms with E-state index < -0.39 is 0 Å². The van der Waals surface area contributed by atoms with Crippen molar-refractivity contribution in [2.45, 2.75) is 30.4 Å². The van der Waals surface area contributed by atoms with Crippen molar-refractivity contribution in [1.29, 1.82) is 0 Å². The zero-order valence-corrected chi connectivity index (χ0v) is 13.2. The summed E-state index contributed by atoms with van der Waals surface area (Å²) < 4.78 is 1.08. The lowest BCUT2D eigenvalue weighted by atomic mass is 10.2. The lowest BCUT2D eigenvalue weighted by molar-refractivity contribution is 0.856. The number of hydrogen-bond acceptors (Lipinski definition) is 4. The van der Waals surface area contributed by atoms with Gasteiger partial charge in [0.25, 0.3) is 0 Å². The Bertz CT molecular complexity index is 560. The predicted molar refractivity (Wildman–Crippen MR) is 84.1 cm³/mol. The number of aryl methyl sites for hydroxylation is 1. The molecule has 0 unspecified atom stereocenters. The van der Waals surface area contributed by atoms with Gasteiger partial charge in [0.05, 0.1) is 5.75 Å². The van der Waals surface area contributed by atoms with E-state index in [0.717, 1.165) is 34.6 Å². The predicted octanol–water partition coefficient (Wildman–Crippen LogP) is 4.07. The molecule has 2 rings (SSSR count). The van der Waals surface area contributed by atoms with Gasteiger partial charge in [-0.15, -0.1) is 11.8 Å². The van der Waals surface area contributed by atoms with Crippen LogP contribution in [0.3, 0.4) is 0 Å². The van der Waals surface area contributed by atoms with Gasteiger partial charge in [0.15, 0.2) is 0 Å². The van der Waals surface area contributed by atoms with E-state index in [1.54, 1.807) is 11.8 Å². The van der Waals surface area contributed by atoms with E-state index in [4.69, 9.17) is 5.73 Å². The minimum Gasteiger partial charge on any atom is -0.384 e. The lowest BCUT2D eigenvalue weighted by Crippen LogP contribution is -2.02. The average Bonchev–Trinajstić information content (AvgIpc) is 2.36. The minimum absolute atomic E-state index is 0.559. The average molecular weight is 338 g/mol. The highest BCUT2D eigenvalue weighted by Crippen LogP contribution is 2.24. The number of benzene rings is 1. The first-order valence-corrected chi connectivity index (χ1v) is 7.96. The number of nitrogens with two attached hydrogens (primary N) is 1. The SMILES string of the molecule is CCCc1cc(N)nc(CSc2cccc(Br)c2)n1. The molecule has 0 saturated carbocycles. The van der Waals surface area contributed by atoms with E-state index in [1.165, 1.54) is 4.90 Å². The van der Waals surface area contributed by atoms with Crippen LogP contribution in [-0.2, 0) is 12.2 Å². The molecule has 19 heavy (non-hydrogen) atoms. The maximum atomic E-state index is 5.81. The molecule has 2 N–H and O–H groups in total. The molecular formula is C14H16BrN3S. The molecule has 0 fully saturated rings. The van der Waals surface area contributed by atoms with Gasteiger partial charge < -0.3 is 5.73 Å². The van der Waals surface area contributed by atoms with Crippen molar-refractivity contribution in [3.8, 4) is 0 Å². The smallest absolute Gasteiger partial charge is 0.141 e. The lowest BCUT2D eigenvalue weighted by Gasteiger charge is -2.05. The third-order valence-electron chi connectivity index (χ3n) is 2.52. The second-order valence-corrected chi connectivity index (χ2v) is 6.16. The van der Waals surface area contributed by atoms with Gasteiger partial charge in [-0.1, -0.05) is 35.3 Å². The molecule has 0 aliphatic rings. The number of thioether (sulfide) groups is 1. The van der Waals surface area contributed by atoms with Gasteiger partial charge in [0.2, 0.25) is 0 Å². The van der Waals surface area contributed by atoms with E-state index in [2.05, 4.69) is 45.0 Å². The topological polar surface area (TPSA) is 51.8 Å². The summed E-state index contributed by atoms with van der Waals surface area (Å²) >= 11 is 5.18. The normalized spacial score (nSPS) is 10.6. The standard InChI is InChI=1S/C14H16BrN3S/c1-2-4-11-8-13(16)18-14(17-11)9-19-12-6-3-5-10(15)7-12/h3,5-8H,2,4,9H2,1H3,(H2,16,17,18). The van der Waals surface area contributed by atoms with Crippen LogP contribution in [0.15, 0.2) is 39.7 Å². The molecular weight excluding hydrogens is 322 g/mol. The molecule has 0 aliphatic carbocycles. The first kappa shape index (κ1) is 14.3. The van der Waals surface area contributed by atoms with Gasteiger partial charge >= 0.3 is 0 Å². The molecule has 0 aliphatic heterocycles. The van der Waals surface area contributed by atoms with Crippen LogP contribution in [0.4, 0.5) is 5.82 Å². The molecule has 1 aromatic heterocycles. The maximum absolute atomic E-state index is 5.81. The Morgan fingerprint density at radius 2 is 2.11 bits per heavy atom. The van der Waals surface area contributed by atoms with E-state index >= 15 is 0 Å². The van der Waals surface area contributed by atoms with Crippen molar-refractivity contribution in [2.75, 3.05) is 5.73 Å². The fraction of sp³-hybridized carbons (Fsp3) is 0.286. The van der Waals surface area contributed by atoms with Crippen molar-refractivity contribution < 1.29 is 0 Å². The number of hydrogen-bond donors (Lipinski definition) is 1. The van der Waals surface area contributed by atoms with Crippen LogP contribution < -0.4 is 5.73 Å². The van der Waals surface area contributed by atoms with Crippen LogP contribution in [0, 0.1) is 0 Å². The second-order valence-electron chi connectivity index (χ2n) is 4.20. The zero-order valence-electron chi connectivity index (χ0n) is 10.8. The summed E-state index contributed by atoms with van der Waals surface area (Å²) in [5.74, 6) is 2.09. The Labute approximate surface area is 126 Å². The van der Waals surface area contributed by atoms with E-state index in [9.17, 15) is 0 Å². The molecule has 100 valence electrons. The third kappa shape index (κ3) is 4.51. The summed E-state index contributed by atoms with van der Waals surface area (Å²) in [6.45, 7) is 2.13. The molecule has 1 aromatic carbocycles. The van der Waals surface area contributed by atoms with Crippen LogP contribution in [0.2, 0.25) is 0 Å². The second kappa shape index (κ2) is 6.91. The monoisotopic (exact) mass is 337 g/mol. The molecule has 0 bridgehead atoms. The van der Waals surface area contributed by atoms with Gasteiger partial charge in [-0.3, -0.25) is 0 Å². The van der Waals surface area contributed by atoms with Crippen molar-refractivity contribution in [1.82, 2.24) is 9.97 Å². The van der Waals surface area contributed by atoms with Crippen molar-refractivity contribution in [3.63, 3.8) is 0 Å². The number of halogens is 1. The number of nitrogens with zero attached hydrogens (tertiary/aromatic N) is 2. The summed E-state index contributed by atoms with van der Waals surface area (Å²) in [4.78, 5) is 10.0. The molecule has 0 saturated heterocycles. The summed E-state index contributed by atoms with van der Waals surface area (Å²) in [7, 11) is 0. The summed E-state index contributed by atoms with van der Waals surface area (Å²) in [6, 6.07) is 10.1. The molecule has 0 amide bonds. The Morgan fingerprint density at radius 3 is 2.84 bits per heavy atom. The van der Waals surface area contributed by atoms with Crippen molar-refractivity contribution in [2.24, 2.45) is 0 Å².